The van der Waals surface area contributed by atoms with E-state index in [0.717, 1.165) is 38.4 Å². The fourth-order valence-electron chi connectivity index (χ4n) is 3.82. The molecular formula is C16H30N2O. The Balaban J connectivity index is 1.85. The summed E-state index contributed by atoms with van der Waals surface area (Å²) in [4.78, 5) is 14.7. The molecule has 2 saturated heterocycles. The lowest BCUT2D eigenvalue weighted by atomic mass is 9.84. The Bertz CT molecular complexity index is 299. The van der Waals surface area contributed by atoms with Crippen LogP contribution in [0.4, 0.5) is 0 Å². The summed E-state index contributed by atoms with van der Waals surface area (Å²) in [7, 11) is 0. The third kappa shape index (κ3) is 3.71. The SMILES string of the molecule is CCC1CC(C)CN1C(=O)CC(C)C1CCNCC1. The van der Waals surface area contributed by atoms with E-state index in [4.69, 9.17) is 0 Å². The van der Waals surface area contributed by atoms with E-state index in [2.05, 4.69) is 31.0 Å². The van der Waals surface area contributed by atoms with E-state index in [0.29, 0.717) is 23.8 Å². The van der Waals surface area contributed by atoms with Crippen molar-refractivity contribution in [2.45, 2.75) is 58.9 Å². The predicted octanol–water partition coefficient (Wildman–Crippen LogP) is 2.66. The molecule has 3 heteroatoms. The number of carbonyl (C=O) groups is 1. The van der Waals surface area contributed by atoms with Crippen molar-refractivity contribution in [3.8, 4) is 0 Å². The van der Waals surface area contributed by atoms with Gasteiger partial charge in [0.1, 0.15) is 0 Å². The van der Waals surface area contributed by atoms with Gasteiger partial charge in [-0.15, -0.1) is 0 Å². The van der Waals surface area contributed by atoms with Gasteiger partial charge in [-0.05, 0) is 56.5 Å². The minimum absolute atomic E-state index is 0.405. The van der Waals surface area contributed by atoms with Crippen molar-refractivity contribution in [2.75, 3.05) is 19.6 Å². The Kier molecular flexibility index (Phi) is 5.26. The third-order valence-corrected chi connectivity index (χ3v) is 5.10. The Hall–Kier alpha value is -0.570. The van der Waals surface area contributed by atoms with E-state index in [1.165, 1.54) is 19.3 Å². The van der Waals surface area contributed by atoms with E-state index in [1.807, 2.05) is 0 Å². The average molecular weight is 266 g/mol. The van der Waals surface area contributed by atoms with Crippen LogP contribution < -0.4 is 5.32 Å². The monoisotopic (exact) mass is 266 g/mol. The summed E-state index contributed by atoms with van der Waals surface area (Å²) in [5.41, 5.74) is 0. The summed E-state index contributed by atoms with van der Waals surface area (Å²) in [6.45, 7) is 9.99. The minimum Gasteiger partial charge on any atom is -0.339 e. The molecular weight excluding hydrogens is 236 g/mol. The summed E-state index contributed by atoms with van der Waals surface area (Å²) >= 11 is 0. The number of hydrogen-bond acceptors (Lipinski definition) is 2. The van der Waals surface area contributed by atoms with Crippen molar-refractivity contribution in [2.24, 2.45) is 17.8 Å². The molecule has 0 aromatic heterocycles. The maximum Gasteiger partial charge on any atom is 0.223 e. The van der Waals surface area contributed by atoms with Crippen LogP contribution in [0.3, 0.4) is 0 Å². The lowest BCUT2D eigenvalue weighted by Crippen LogP contribution is -2.38. The molecule has 2 heterocycles. The van der Waals surface area contributed by atoms with Crippen molar-refractivity contribution in [1.82, 2.24) is 10.2 Å². The summed E-state index contributed by atoms with van der Waals surface area (Å²) in [6.07, 6.45) is 5.54. The lowest BCUT2D eigenvalue weighted by molar-refractivity contribution is -0.133. The van der Waals surface area contributed by atoms with Gasteiger partial charge in [-0.25, -0.2) is 0 Å². The second-order valence-corrected chi connectivity index (χ2v) is 6.72. The van der Waals surface area contributed by atoms with Crippen LogP contribution in [0.25, 0.3) is 0 Å². The van der Waals surface area contributed by atoms with Gasteiger partial charge >= 0.3 is 0 Å². The number of nitrogens with one attached hydrogen (secondary N) is 1. The van der Waals surface area contributed by atoms with Gasteiger partial charge in [0.05, 0.1) is 0 Å². The molecule has 0 radical (unpaired) electrons. The largest absolute Gasteiger partial charge is 0.339 e. The average Bonchev–Trinajstić information content (AvgIpc) is 2.81. The molecule has 110 valence electrons. The number of hydrogen-bond donors (Lipinski definition) is 1. The summed E-state index contributed by atoms with van der Waals surface area (Å²) in [6, 6.07) is 0.503. The first-order valence-corrected chi connectivity index (χ1v) is 8.12. The molecule has 2 rings (SSSR count). The Labute approximate surface area is 118 Å². The van der Waals surface area contributed by atoms with Crippen LogP contribution in [0.2, 0.25) is 0 Å². The topological polar surface area (TPSA) is 32.3 Å². The molecule has 2 aliphatic rings. The molecule has 3 nitrogen and oxygen atoms in total. The van der Waals surface area contributed by atoms with E-state index in [-0.39, 0.29) is 0 Å². The van der Waals surface area contributed by atoms with Gasteiger partial charge in [0.2, 0.25) is 5.91 Å². The standard InChI is InChI=1S/C16H30N2O/c1-4-15-9-12(2)11-18(15)16(19)10-13(3)14-5-7-17-8-6-14/h12-15,17H,4-11H2,1-3H3. The minimum atomic E-state index is 0.405. The summed E-state index contributed by atoms with van der Waals surface area (Å²) in [5.74, 6) is 2.37. The first-order valence-electron chi connectivity index (χ1n) is 8.12. The van der Waals surface area contributed by atoms with E-state index >= 15 is 0 Å². The first-order chi connectivity index (χ1) is 9.11. The number of rotatable bonds is 4. The van der Waals surface area contributed by atoms with E-state index < -0.39 is 0 Å². The number of amides is 1. The van der Waals surface area contributed by atoms with Crippen molar-refractivity contribution in [1.29, 1.82) is 0 Å². The molecule has 0 saturated carbocycles. The molecule has 0 spiro atoms. The van der Waals surface area contributed by atoms with Gasteiger partial charge in [0.15, 0.2) is 0 Å². The van der Waals surface area contributed by atoms with Crippen molar-refractivity contribution < 1.29 is 4.79 Å². The maximum atomic E-state index is 12.5. The molecule has 1 N–H and O–H groups in total. The highest BCUT2D eigenvalue weighted by atomic mass is 16.2. The highest BCUT2D eigenvalue weighted by molar-refractivity contribution is 5.77. The van der Waals surface area contributed by atoms with Gasteiger partial charge in [0, 0.05) is 19.0 Å². The molecule has 3 unspecified atom stereocenters. The number of piperidine rings is 1. The van der Waals surface area contributed by atoms with E-state index in [9.17, 15) is 4.79 Å². The fraction of sp³-hybridized carbons (Fsp3) is 0.938. The van der Waals surface area contributed by atoms with Gasteiger partial charge in [-0.3, -0.25) is 4.79 Å². The normalized spacial score (nSPS) is 30.6. The Morgan fingerprint density at radius 1 is 1.37 bits per heavy atom. The maximum absolute atomic E-state index is 12.5. The predicted molar refractivity (Wildman–Crippen MR) is 78.9 cm³/mol. The van der Waals surface area contributed by atoms with Crippen molar-refractivity contribution >= 4 is 5.91 Å². The van der Waals surface area contributed by atoms with Crippen LogP contribution in [-0.4, -0.2) is 36.5 Å². The van der Waals surface area contributed by atoms with Crippen LogP contribution in [-0.2, 0) is 4.79 Å². The van der Waals surface area contributed by atoms with Gasteiger partial charge < -0.3 is 10.2 Å². The molecule has 2 fully saturated rings. The second kappa shape index (κ2) is 6.74. The fourth-order valence-corrected chi connectivity index (χ4v) is 3.82. The van der Waals surface area contributed by atoms with Crippen molar-refractivity contribution in [3.05, 3.63) is 0 Å². The molecule has 0 aromatic rings. The van der Waals surface area contributed by atoms with Crippen LogP contribution in [0, 0.1) is 17.8 Å². The zero-order valence-corrected chi connectivity index (χ0v) is 12.8. The van der Waals surface area contributed by atoms with Crippen LogP contribution in [0.1, 0.15) is 52.9 Å². The Morgan fingerprint density at radius 2 is 2.05 bits per heavy atom. The van der Waals surface area contributed by atoms with Crippen molar-refractivity contribution in [3.63, 3.8) is 0 Å². The number of carbonyl (C=O) groups excluding carboxylic acids is 1. The molecule has 19 heavy (non-hydrogen) atoms. The highest BCUT2D eigenvalue weighted by Crippen LogP contribution is 2.29. The molecule has 3 atom stereocenters. The smallest absolute Gasteiger partial charge is 0.223 e. The molecule has 0 aromatic carbocycles. The number of likely N-dealkylation sites (tertiary alicyclic amines) is 1. The second-order valence-electron chi connectivity index (χ2n) is 6.72. The zero-order valence-electron chi connectivity index (χ0n) is 12.8. The zero-order chi connectivity index (χ0) is 13.8. The van der Waals surface area contributed by atoms with Gasteiger partial charge in [0.25, 0.3) is 0 Å². The molecule has 2 aliphatic heterocycles. The molecule has 0 bridgehead atoms. The van der Waals surface area contributed by atoms with Crippen LogP contribution in [0.15, 0.2) is 0 Å². The summed E-state index contributed by atoms with van der Waals surface area (Å²) < 4.78 is 0. The number of nitrogens with zero attached hydrogens (tertiary/aromatic N) is 1. The van der Waals surface area contributed by atoms with Crippen LogP contribution >= 0.6 is 0 Å². The quantitative estimate of drug-likeness (QED) is 0.848. The lowest BCUT2D eigenvalue weighted by Gasteiger charge is -2.30. The van der Waals surface area contributed by atoms with Gasteiger partial charge in [-0.1, -0.05) is 20.8 Å². The third-order valence-electron chi connectivity index (χ3n) is 5.10. The molecule has 0 aliphatic carbocycles. The van der Waals surface area contributed by atoms with Crippen LogP contribution in [0.5, 0.6) is 0 Å². The Morgan fingerprint density at radius 3 is 2.68 bits per heavy atom. The highest BCUT2D eigenvalue weighted by Gasteiger charge is 2.33. The van der Waals surface area contributed by atoms with Gasteiger partial charge in [-0.2, -0.15) is 0 Å². The van der Waals surface area contributed by atoms with E-state index in [1.54, 1.807) is 0 Å². The molecule has 1 amide bonds. The summed E-state index contributed by atoms with van der Waals surface area (Å²) in [5, 5.41) is 3.40. The first kappa shape index (κ1) is 14.8.